The lowest BCUT2D eigenvalue weighted by Crippen LogP contribution is -2.40. The molecule has 1 unspecified atom stereocenters. The Morgan fingerprint density at radius 2 is 2.19 bits per heavy atom. The van der Waals surface area contributed by atoms with Crippen LogP contribution >= 0.6 is 0 Å². The Balaban J connectivity index is 2.48. The first-order chi connectivity index (χ1) is 7.54. The summed E-state index contributed by atoms with van der Waals surface area (Å²) >= 11 is 0. The van der Waals surface area contributed by atoms with Gasteiger partial charge in [0.15, 0.2) is 0 Å². The number of carbonyl (C=O) groups excluding carboxylic acids is 1. The van der Waals surface area contributed by atoms with Crippen molar-refractivity contribution >= 4 is 11.9 Å². The SMILES string of the molecule is CNC(=O)C(C)NCc1ccc(C(=O)O)o1. The molecule has 0 spiro atoms. The molecule has 1 aromatic heterocycles. The second-order valence-electron chi connectivity index (χ2n) is 3.29. The maximum absolute atomic E-state index is 11.1. The van der Waals surface area contributed by atoms with Crippen molar-refractivity contribution in [3.05, 3.63) is 23.7 Å². The summed E-state index contributed by atoms with van der Waals surface area (Å²) in [5.41, 5.74) is 0. The molecule has 3 N–H and O–H groups in total. The largest absolute Gasteiger partial charge is 0.475 e. The van der Waals surface area contributed by atoms with E-state index in [1.165, 1.54) is 6.07 Å². The molecule has 88 valence electrons. The van der Waals surface area contributed by atoms with E-state index in [-0.39, 0.29) is 17.7 Å². The normalized spacial score (nSPS) is 12.1. The molecule has 1 amide bonds. The van der Waals surface area contributed by atoms with E-state index < -0.39 is 5.97 Å². The molecule has 1 rings (SSSR count). The van der Waals surface area contributed by atoms with Gasteiger partial charge in [0, 0.05) is 7.05 Å². The zero-order chi connectivity index (χ0) is 12.1. The van der Waals surface area contributed by atoms with Gasteiger partial charge in [-0.05, 0) is 19.1 Å². The highest BCUT2D eigenvalue weighted by molar-refractivity contribution is 5.84. The third kappa shape index (κ3) is 3.09. The van der Waals surface area contributed by atoms with Crippen molar-refractivity contribution in [3.8, 4) is 0 Å². The van der Waals surface area contributed by atoms with Gasteiger partial charge < -0.3 is 14.8 Å². The molecule has 6 nitrogen and oxygen atoms in total. The Morgan fingerprint density at radius 1 is 1.50 bits per heavy atom. The second-order valence-corrected chi connectivity index (χ2v) is 3.29. The van der Waals surface area contributed by atoms with Crippen molar-refractivity contribution in [3.63, 3.8) is 0 Å². The van der Waals surface area contributed by atoms with E-state index in [4.69, 9.17) is 9.52 Å². The third-order valence-corrected chi connectivity index (χ3v) is 2.09. The molecule has 0 bridgehead atoms. The van der Waals surface area contributed by atoms with Crippen LogP contribution < -0.4 is 10.6 Å². The summed E-state index contributed by atoms with van der Waals surface area (Å²) < 4.78 is 5.02. The summed E-state index contributed by atoms with van der Waals surface area (Å²) in [7, 11) is 1.55. The molecule has 0 aliphatic carbocycles. The van der Waals surface area contributed by atoms with Crippen LogP contribution in [0, 0.1) is 0 Å². The first kappa shape index (κ1) is 12.3. The summed E-state index contributed by atoms with van der Waals surface area (Å²) in [6.45, 7) is 2.02. The van der Waals surface area contributed by atoms with Crippen molar-refractivity contribution in [2.24, 2.45) is 0 Å². The van der Waals surface area contributed by atoms with Crippen molar-refractivity contribution in [2.45, 2.75) is 19.5 Å². The van der Waals surface area contributed by atoms with Crippen LogP contribution in [-0.4, -0.2) is 30.1 Å². The average Bonchev–Trinajstić information content (AvgIpc) is 2.73. The molecule has 1 aromatic rings. The Kier molecular flexibility index (Phi) is 4.07. The van der Waals surface area contributed by atoms with Gasteiger partial charge in [0.2, 0.25) is 11.7 Å². The van der Waals surface area contributed by atoms with Crippen molar-refractivity contribution < 1.29 is 19.1 Å². The minimum atomic E-state index is -1.11. The fourth-order valence-electron chi connectivity index (χ4n) is 1.15. The summed E-state index contributed by atoms with van der Waals surface area (Å²) in [4.78, 5) is 21.7. The van der Waals surface area contributed by atoms with E-state index in [9.17, 15) is 9.59 Å². The molecular weight excluding hydrogens is 212 g/mol. The monoisotopic (exact) mass is 226 g/mol. The number of hydrogen-bond donors (Lipinski definition) is 3. The fourth-order valence-corrected chi connectivity index (χ4v) is 1.15. The van der Waals surface area contributed by atoms with Gasteiger partial charge in [0.25, 0.3) is 0 Å². The van der Waals surface area contributed by atoms with Crippen LogP contribution in [0.3, 0.4) is 0 Å². The van der Waals surface area contributed by atoms with Gasteiger partial charge in [-0.2, -0.15) is 0 Å². The number of amides is 1. The number of furan rings is 1. The molecule has 0 saturated heterocycles. The number of carboxylic acids is 1. The quantitative estimate of drug-likeness (QED) is 0.667. The maximum Gasteiger partial charge on any atom is 0.371 e. The Bertz CT molecular complexity index is 386. The van der Waals surface area contributed by atoms with Crippen LogP contribution in [-0.2, 0) is 11.3 Å². The molecule has 6 heteroatoms. The molecule has 1 heterocycles. The van der Waals surface area contributed by atoms with Gasteiger partial charge in [-0.15, -0.1) is 0 Å². The van der Waals surface area contributed by atoms with E-state index in [0.29, 0.717) is 12.3 Å². The summed E-state index contributed by atoms with van der Waals surface area (Å²) in [6, 6.07) is 2.58. The second kappa shape index (κ2) is 5.32. The molecule has 0 radical (unpaired) electrons. The predicted octanol–water partition coefficient (Wildman–Crippen LogP) is 0.202. The van der Waals surface area contributed by atoms with Gasteiger partial charge in [-0.3, -0.25) is 10.1 Å². The molecule has 0 saturated carbocycles. The van der Waals surface area contributed by atoms with Crippen LogP contribution in [0.2, 0.25) is 0 Å². The molecule has 0 aromatic carbocycles. The highest BCUT2D eigenvalue weighted by Gasteiger charge is 2.12. The zero-order valence-corrected chi connectivity index (χ0v) is 9.11. The van der Waals surface area contributed by atoms with Crippen molar-refractivity contribution in [1.29, 1.82) is 0 Å². The number of nitrogens with one attached hydrogen (secondary N) is 2. The highest BCUT2D eigenvalue weighted by atomic mass is 16.4. The highest BCUT2D eigenvalue weighted by Crippen LogP contribution is 2.07. The van der Waals surface area contributed by atoms with E-state index in [0.717, 1.165) is 0 Å². The summed E-state index contributed by atoms with van der Waals surface area (Å²) in [5, 5.41) is 14.0. The Hall–Kier alpha value is -1.82. The van der Waals surface area contributed by atoms with Crippen LogP contribution in [0.5, 0.6) is 0 Å². The van der Waals surface area contributed by atoms with Gasteiger partial charge in [-0.25, -0.2) is 4.79 Å². The van der Waals surface area contributed by atoms with E-state index in [2.05, 4.69) is 10.6 Å². The summed E-state index contributed by atoms with van der Waals surface area (Å²) in [5.74, 6) is -0.867. The van der Waals surface area contributed by atoms with Crippen molar-refractivity contribution in [2.75, 3.05) is 7.05 Å². The van der Waals surface area contributed by atoms with Crippen LogP contribution in [0.25, 0.3) is 0 Å². The lowest BCUT2D eigenvalue weighted by molar-refractivity contribution is -0.122. The summed E-state index contributed by atoms with van der Waals surface area (Å²) in [6.07, 6.45) is 0. The first-order valence-corrected chi connectivity index (χ1v) is 4.81. The number of rotatable bonds is 5. The van der Waals surface area contributed by atoms with Gasteiger partial charge in [-0.1, -0.05) is 0 Å². The maximum atomic E-state index is 11.1. The van der Waals surface area contributed by atoms with Crippen LogP contribution in [0.15, 0.2) is 16.5 Å². The third-order valence-electron chi connectivity index (χ3n) is 2.09. The smallest absolute Gasteiger partial charge is 0.371 e. The standard InChI is InChI=1S/C10H14N2O4/c1-6(9(13)11-2)12-5-7-3-4-8(16-7)10(14)15/h3-4,6,12H,5H2,1-2H3,(H,11,13)(H,14,15). The van der Waals surface area contributed by atoms with Crippen LogP contribution in [0.4, 0.5) is 0 Å². The van der Waals surface area contributed by atoms with E-state index >= 15 is 0 Å². The van der Waals surface area contributed by atoms with Crippen molar-refractivity contribution in [1.82, 2.24) is 10.6 Å². The van der Waals surface area contributed by atoms with E-state index in [1.807, 2.05) is 0 Å². The lowest BCUT2D eigenvalue weighted by Gasteiger charge is -2.10. The number of likely N-dealkylation sites (N-methyl/N-ethyl adjacent to an activating group) is 1. The molecule has 1 atom stereocenters. The number of carbonyl (C=O) groups is 2. The Labute approximate surface area is 92.6 Å². The average molecular weight is 226 g/mol. The molecular formula is C10H14N2O4. The fraction of sp³-hybridized carbons (Fsp3) is 0.400. The molecule has 0 aliphatic heterocycles. The molecule has 0 aliphatic rings. The zero-order valence-electron chi connectivity index (χ0n) is 9.11. The van der Waals surface area contributed by atoms with Gasteiger partial charge >= 0.3 is 5.97 Å². The number of hydrogen-bond acceptors (Lipinski definition) is 4. The first-order valence-electron chi connectivity index (χ1n) is 4.81. The minimum absolute atomic E-state index is 0.107. The minimum Gasteiger partial charge on any atom is -0.475 e. The van der Waals surface area contributed by atoms with Gasteiger partial charge in [0.05, 0.1) is 12.6 Å². The van der Waals surface area contributed by atoms with Gasteiger partial charge in [0.1, 0.15) is 5.76 Å². The topological polar surface area (TPSA) is 91.6 Å². The van der Waals surface area contributed by atoms with E-state index in [1.54, 1.807) is 20.0 Å². The Morgan fingerprint density at radius 3 is 2.69 bits per heavy atom. The van der Waals surface area contributed by atoms with Crippen LogP contribution in [0.1, 0.15) is 23.2 Å². The molecule has 0 fully saturated rings. The number of carboxylic acid groups (broad SMARTS) is 1. The predicted molar refractivity (Wildman–Crippen MR) is 56.0 cm³/mol. The molecule has 16 heavy (non-hydrogen) atoms. The number of aromatic carboxylic acids is 1. The lowest BCUT2D eigenvalue weighted by atomic mass is 10.3.